The summed E-state index contributed by atoms with van der Waals surface area (Å²) in [5, 5.41) is 3.19. The van der Waals surface area contributed by atoms with Crippen LogP contribution in [0.4, 0.5) is 4.39 Å². The molecule has 17 heavy (non-hydrogen) atoms. The maximum atomic E-state index is 13.0. The number of pyridine rings is 1. The van der Waals surface area contributed by atoms with Crippen LogP contribution in [0.25, 0.3) is 0 Å². The maximum Gasteiger partial charge on any atom is 0.229 e. The molecule has 1 aromatic heterocycles. The van der Waals surface area contributed by atoms with Gasteiger partial charge in [-0.1, -0.05) is 0 Å². The number of hydrogen-bond donors (Lipinski definition) is 1. The molecule has 4 nitrogen and oxygen atoms in total. The Morgan fingerprint density at radius 1 is 1.47 bits per heavy atom. The molecule has 5 heteroatoms. The molecule has 1 saturated heterocycles. The van der Waals surface area contributed by atoms with Gasteiger partial charge in [0.2, 0.25) is 5.91 Å². The summed E-state index contributed by atoms with van der Waals surface area (Å²) in [6.45, 7) is 4.86. The third-order valence-corrected chi connectivity index (χ3v) is 3.03. The van der Waals surface area contributed by atoms with E-state index in [2.05, 4.69) is 10.3 Å². The van der Waals surface area contributed by atoms with Gasteiger partial charge in [0.1, 0.15) is 5.82 Å². The number of carbonyl (C=O) groups is 1. The van der Waals surface area contributed by atoms with Crippen molar-refractivity contribution in [3.05, 3.63) is 29.8 Å². The highest BCUT2D eigenvalue weighted by Gasteiger charge is 2.23. The summed E-state index contributed by atoms with van der Waals surface area (Å²) in [5.74, 6) is -0.697. The molecule has 0 bridgehead atoms. The van der Waals surface area contributed by atoms with E-state index in [9.17, 15) is 9.18 Å². The second kappa shape index (κ2) is 5.23. The second-order valence-corrected chi connectivity index (χ2v) is 4.23. The van der Waals surface area contributed by atoms with Crippen molar-refractivity contribution in [2.75, 3.05) is 26.2 Å². The van der Waals surface area contributed by atoms with Crippen LogP contribution in [0.5, 0.6) is 0 Å². The van der Waals surface area contributed by atoms with Crippen LogP contribution in [0.1, 0.15) is 18.4 Å². The third kappa shape index (κ3) is 2.79. The lowest BCUT2D eigenvalue weighted by Gasteiger charge is -2.29. The second-order valence-electron chi connectivity index (χ2n) is 4.23. The molecular formula is C12H16FN3O. The fourth-order valence-corrected chi connectivity index (χ4v) is 1.97. The van der Waals surface area contributed by atoms with Gasteiger partial charge in [-0.3, -0.25) is 9.78 Å². The van der Waals surface area contributed by atoms with Crippen LogP contribution < -0.4 is 5.32 Å². The van der Waals surface area contributed by atoms with Gasteiger partial charge in [0, 0.05) is 32.4 Å². The molecule has 1 N–H and O–H groups in total. The zero-order valence-corrected chi connectivity index (χ0v) is 9.82. The zero-order chi connectivity index (χ0) is 12.3. The standard InChI is InChI=1S/C12H16FN3O/c1-9(10-6-11(13)8-15-7-10)12(17)16-4-2-14-3-5-16/h6-9,14H,2-5H2,1H3. The number of rotatable bonds is 2. The van der Waals surface area contributed by atoms with Crippen molar-refractivity contribution in [2.45, 2.75) is 12.8 Å². The van der Waals surface area contributed by atoms with E-state index >= 15 is 0 Å². The highest BCUT2D eigenvalue weighted by atomic mass is 19.1. The minimum absolute atomic E-state index is 0.0406. The molecule has 2 heterocycles. The molecular weight excluding hydrogens is 221 g/mol. The van der Waals surface area contributed by atoms with Crippen molar-refractivity contribution >= 4 is 5.91 Å². The van der Waals surface area contributed by atoms with E-state index in [1.54, 1.807) is 13.1 Å². The molecule has 0 aromatic carbocycles. The molecule has 92 valence electrons. The monoisotopic (exact) mass is 237 g/mol. The van der Waals surface area contributed by atoms with Gasteiger partial charge in [-0.2, -0.15) is 0 Å². The van der Waals surface area contributed by atoms with Gasteiger partial charge in [-0.25, -0.2) is 4.39 Å². The van der Waals surface area contributed by atoms with E-state index in [1.807, 2.05) is 4.90 Å². The Bertz CT molecular complexity index is 404. The minimum atomic E-state index is -0.400. The van der Waals surface area contributed by atoms with Gasteiger partial charge in [0.05, 0.1) is 12.1 Å². The average molecular weight is 237 g/mol. The topological polar surface area (TPSA) is 45.2 Å². The van der Waals surface area contributed by atoms with Crippen molar-refractivity contribution in [3.8, 4) is 0 Å². The van der Waals surface area contributed by atoms with Gasteiger partial charge in [0.15, 0.2) is 0 Å². The lowest BCUT2D eigenvalue weighted by Crippen LogP contribution is -2.47. The summed E-state index contributed by atoms with van der Waals surface area (Å²) in [6, 6.07) is 1.37. The van der Waals surface area contributed by atoms with Gasteiger partial charge in [-0.05, 0) is 18.6 Å². The van der Waals surface area contributed by atoms with Crippen LogP contribution in [-0.4, -0.2) is 42.0 Å². The Hall–Kier alpha value is -1.49. The summed E-state index contributed by atoms with van der Waals surface area (Å²) in [4.78, 5) is 17.7. The largest absolute Gasteiger partial charge is 0.340 e. The number of carbonyl (C=O) groups excluding carboxylic acids is 1. The van der Waals surface area contributed by atoms with Gasteiger partial charge >= 0.3 is 0 Å². The predicted molar refractivity (Wildman–Crippen MR) is 62.1 cm³/mol. The van der Waals surface area contributed by atoms with Crippen molar-refractivity contribution in [3.63, 3.8) is 0 Å². The lowest BCUT2D eigenvalue weighted by molar-refractivity contribution is -0.133. The van der Waals surface area contributed by atoms with Crippen LogP contribution in [-0.2, 0) is 4.79 Å². The minimum Gasteiger partial charge on any atom is -0.340 e. The first kappa shape index (κ1) is 12.0. The van der Waals surface area contributed by atoms with E-state index < -0.39 is 5.82 Å². The molecule has 0 saturated carbocycles. The number of nitrogens with one attached hydrogen (secondary N) is 1. The first-order valence-electron chi connectivity index (χ1n) is 5.78. The molecule has 1 unspecified atom stereocenters. The Morgan fingerprint density at radius 3 is 2.82 bits per heavy atom. The molecule has 2 rings (SSSR count). The van der Waals surface area contributed by atoms with Crippen LogP contribution in [0.2, 0.25) is 0 Å². The van der Waals surface area contributed by atoms with E-state index in [1.165, 1.54) is 6.07 Å². The third-order valence-electron chi connectivity index (χ3n) is 3.03. The van der Waals surface area contributed by atoms with Crippen LogP contribution >= 0.6 is 0 Å². The Labute approximate surface area is 99.8 Å². The quantitative estimate of drug-likeness (QED) is 0.826. The molecule has 1 aromatic rings. The highest BCUT2D eigenvalue weighted by Crippen LogP contribution is 2.18. The summed E-state index contributed by atoms with van der Waals surface area (Å²) < 4.78 is 13.0. The molecule has 0 radical (unpaired) electrons. The van der Waals surface area contributed by atoms with Crippen LogP contribution in [0, 0.1) is 5.82 Å². The van der Waals surface area contributed by atoms with Crippen molar-refractivity contribution in [2.24, 2.45) is 0 Å². The zero-order valence-electron chi connectivity index (χ0n) is 9.82. The Kier molecular flexibility index (Phi) is 3.68. The number of nitrogens with zero attached hydrogens (tertiary/aromatic N) is 2. The highest BCUT2D eigenvalue weighted by molar-refractivity contribution is 5.83. The average Bonchev–Trinajstić information content (AvgIpc) is 2.38. The van der Waals surface area contributed by atoms with E-state index in [-0.39, 0.29) is 11.8 Å². The number of amides is 1. The molecule has 0 aliphatic carbocycles. The molecule has 1 aliphatic heterocycles. The number of hydrogen-bond acceptors (Lipinski definition) is 3. The van der Waals surface area contributed by atoms with Crippen molar-refractivity contribution in [1.29, 1.82) is 0 Å². The smallest absolute Gasteiger partial charge is 0.229 e. The Morgan fingerprint density at radius 2 is 2.18 bits per heavy atom. The van der Waals surface area contributed by atoms with Gasteiger partial charge in [-0.15, -0.1) is 0 Å². The number of piperazine rings is 1. The Balaban J connectivity index is 2.08. The summed E-state index contributed by atoms with van der Waals surface area (Å²) in [7, 11) is 0. The maximum absolute atomic E-state index is 13.0. The summed E-state index contributed by atoms with van der Waals surface area (Å²) in [6.07, 6.45) is 2.69. The summed E-state index contributed by atoms with van der Waals surface area (Å²) in [5.41, 5.74) is 0.633. The SMILES string of the molecule is CC(C(=O)N1CCNCC1)c1cncc(F)c1. The number of halogens is 1. The van der Waals surface area contributed by atoms with Crippen LogP contribution in [0.15, 0.2) is 18.5 Å². The fraction of sp³-hybridized carbons (Fsp3) is 0.500. The van der Waals surface area contributed by atoms with Crippen molar-refractivity contribution < 1.29 is 9.18 Å². The first-order chi connectivity index (χ1) is 8.18. The molecule has 1 atom stereocenters. The molecule has 1 aliphatic rings. The first-order valence-corrected chi connectivity index (χ1v) is 5.78. The molecule has 1 amide bonds. The summed E-state index contributed by atoms with van der Waals surface area (Å²) >= 11 is 0. The van der Waals surface area contributed by atoms with Gasteiger partial charge in [0.25, 0.3) is 0 Å². The predicted octanol–water partition coefficient (Wildman–Crippen LogP) is 0.756. The van der Waals surface area contributed by atoms with Crippen LogP contribution in [0.3, 0.4) is 0 Å². The lowest BCUT2D eigenvalue weighted by atomic mass is 10.0. The van der Waals surface area contributed by atoms with E-state index in [0.29, 0.717) is 18.7 Å². The van der Waals surface area contributed by atoms with E-state index in [0.717, 1.165) is 19.3 Å². The molecule has 1 fully saturated rings. The normalized spacial score (nSPS) is 17.9. The fourth-order valence-electron chi connectivity index (χ4n) is 1.97. The van der Waals surface area contributed by atoms with Gasteiger partial charge < -0.3 is 10.2 Å². The molecule has 0 spiro atoms. The van der Waals surface area contributed by atoms with E-state index in [4.69, 9.17) is 0 Å². The number of aromatic nitrogens is 1. The van der Waals surface area contributed by atoms with Crippen molar-refractivity contribution in [1.82, 2.24) is 15.2 Å².